The number of nitrogens with zero attached hydrogens (tertiary/aromatic N) is 2. The van der Waals surface area contributed by atoms with E-state index in [1.54, 1.807) is 0 Å². The van der Waals surface area contributed by atoms with E-state index in [1.165, 1.54) is 30.6 Å². The van der Waals surface area contributed by atoms with Gasteiger partial charge in [0.2, 0.25) is 0 Å². The number of rotatable bonds is 3. The first-order chi connectivity index (χ1) is 8.88. The molecular weight excluding hydrogens is 377 g/mol. The van der Waals surface area contributed by atoms with Crippen molar-refractivity contribution in [2.45, 2.75) is 4.90 Å². The first kappa shape index (κ1) is 14.5. The second-order valence-corrected chi connectivity index (χ2v) is 6.77. The van der Waals surface area contributed by atoms with Crippen LogP contribution in [-0.4, -0.2) is 18.4 Å². The Hall–Kier alpha value is -0.890. The van der Waals surface area contributed by atoms with Crippen molar-refractivity contribution in [3.63, 3.8) is 0 Å². The SMILES string of the molecule is O=S(=O)(Nc1ccc(Cl)cn1)c1cc(Br)cnc1Cl. The maximum atomic E-state index is 12.1. The van der Waals surface area contributed by atoms with E-state index in [0.29, 0.717) is 9.50 Å². The van der Waals surface area contributed by atoms with Crippen molar-refractivity contribution in [1.82, 2.24) is 9.97 Å². The lowest BCUT2D eigenvalue weighted by molar-refractivity contribution is 0.600. The Morgan fingerprint density at radius 1 is 1.16 bits per heavy atom. The molecule has 0 fully saturated rings. The molecule has 2 heterocycles. The maximum Gasteiger partial charge on any atom is 0.266 e. The molecule has 19 heavy (non-hydrogen) atoms. The predicted molar refractivity (Wildman–Crippen MR) is 77.0 cm³/mol. The fraction of sp³-hybridized carbons (Fsp3) is 0. The lowest BCUT2D eigenvalue weighted by Crippen LogP contribution is -2.14. The fourth-order valence-corrected chi connectivity index (χ4v) is 3.29. The molecule has 0 saturated heterocycles. The van der Waals surface area contributed by atoms with Gasteiger partial charge in [-0.2, -0.15) is 0 Å². The molecule has 0 amide bonds. The Balaban J connectivity index is 2.37. The van der Waals surface area contributed by atoms with Crippen LogP contribution in [0.25, 0.3) is 0 Å². The summed E-state index contributed by atoms with van der Waals surface area (Å²) in [5, 5.41) is 0.287. The molecule has 5 nitrogen and oxygen atoms in total. The van der Waals surface area contributed by atoms with Gasteiger partial charge in [-0.15, -0.1) is 0 Å². The van der Waals surface area contributed by atoms with Crippen molar-refractivity contribution in [3.05, 3.63) is 45.2 Å². The minimum atomic E-state index is -3.86. The molecule has 2 aromatic rings. The van der Waals surface area contributed by atoms with Crippen LogP contribution in [0.4, 0.5) is 5.82 Å². The Morgan fingerprint density at radius 2 is 1.89 bits per heavy atom. The molecule has 100 valence electrons. The van der Waals surface area contributed by atoms with Gasteiger partial charge < -0.3 is 0 Å². The first-order valence-corrected chi connectivity index (χ1v) is 7.87. The van der Waals surface area contributed by atoms with Crippen LogP contribution in [0, 0.1) is 0 Å². The molecule has 0 aliphatic rings. The van der Waals surface area contributed by atoms with Gasteiger partial charge in [-0.25, -0.2) is 18.4 Å². The van der Waals surface area contributed by atoms with Crippen LogP contribution in [0.1, 0.15) is 0 Å². The Labute approximate surface area is 128 Å². The first-order valence-electron chi connectivity index (χ1n) is 4.84. The minimum Gasteiger partial charge on any atom is -0.263 e. The van der Waals surface area contributed by atoms with E-state index in [0.717, 1.165) is 0 Å². The standard InChI is InChI=1S/C10H6BrCl2N3O2S/c11-6-3-8(10(13)15-4-6)19(17,18)16-9-2-1-7(12)5-14-9/h1-5H,(H,14,16). The zero-order valence-electron chi connectivity index (χ0n) is 9.14. The Morgan fingerprint density at radius 3 is 2.53 bits per heavy atom. The predicted octanol–water partition coefficient (Wildman–Crippen LogP) is 3.35. The average Bonchev–Trinajstić information content (AvgIpc) is 2.35. The van der Waals surface area contributed by atoms with E-state index in [-0.39, 0.29) is 15.9 Å². The molecule has 0 unspecified atom stereocenters. The van der Waals surface area contributed by atoms with Gasteiger partial charge in [0.05, 0.1) is 5.02 Å². The zero-order chi connectivity index (χ0) is 14.0. The van der Waals surface area contributed by atoms with E-state index < -0.39 is 10.0 Å². The van der Waals surface area contributed by atoms with Crippen molar-refractivity contribution in [2.24, 2.45) is 0 Å². The minimum absolute atomic E-state index is 0.121. The van der Waals surface area contributed by atoms with Crippen molar-refractivity contribution in [3.8, 4) is 0 Å². The van der Waals surface area contributed by atoms with E-state index in [2.05, 4.69) is 30.6 Å². The van der Waals surface area contributed by atoms with E-state index >= 15 is 0 Å². The highest BCUT2D eigenvalue weighted by molar-refractivity contribution is 9.10. The summed E-state index contributed by atoms with van der Waals surface area (Å²) >= 11 is 14.6. The van der Waals surface area contributed by atoms with Crippen molar-refractivity contribution < 1.29 is 8.42 Å². The molecule has 0 aliphatic carbocycles. The molecule has 0 aromatic carbocycles. The summed E-state index contributed by atoms with van der Waals surface area (Å²) in [7, 11) is -3.86. The van der Waals surface area contributed by atoms with E-state index in [9.17, 15) is 8.42 Å². The van der Waals surface area contributed by atoms with E-state index in [4.69, 9.17) is 23.2 Å². The third kappa shape index (κ3) is 3.56. The van der Waals surface area contributed by atoms with Gasteiger partial charge in [-0.05, 0) is 34.1 Å². The van der Waals surface area contributed by atoms with Crippen LogP contribution >= 0.6 is 39.1 Å². The van der Waals surface area contributed by atoms with Crippen LogP contribution in [0.3, 0.4) is 0 Å². The summed E-state index contributed by atoms with van der Waals surface area (Å²) in [4.78, 5) is 7.46. The molecule has 0 spiro atoms. The summed E-state index contributed by atoms with van der Waals surface area (Å²) in [6.45, 7) is 0. The summed E-state index contributed by atoms with van der Waals surface area (Å²) in [6.07, 6.45) is 2.74. The van der Waals surface area contributed by atoms with Crippen LogP contribution in [0.2, 0.25) is 10.2 Å². The highest BCUT2D eigenvalue weighted by atomic mass is 79.9. The normalized spacial score (nSPS) is 11.3. The zero-order valence-corrected chi connectivity index (χ0v) is 13.1. The van der Waals surface area contributed by atoms with Crippen LogP contribution in [0.15, 0.2) is 40.0 Å². The highest BCUT2D eigenvalue weighted by Gasteiger charge is 2.20. The number of sulfonamides is 1. The van der Waals surface area contributed by atoms with Crippen molar-refractivity contribution in [1.29, 1.82) is 0 Å². The van der Waals surface area contributed by atoms with Gasteiger partial charge in [0.25, 0.3) is 10.0 Å². The third-order valence-corrected chi connectivity index (χ3v) is 4.47. The Bertz CT molecular complexity index is 707. The highest BCUT2D eigenvalue weighted by Crippen LogP contribution is 2.24. The monoisotopic (exact) mass is 381 g/mol. The molecule has 2 rings (SSSR count). The van der Waals surface area contributed by atoms with Gasteiger partial charge in [0.15, 0.2) is 0 Å². The number of hydrogen-bond acceptors (Lipinski definition) is 4. The molecule has 0 aliphatic heterocycles. The van der Waals surface area contributed by atoms with Gasteiger partial charge in [-0.3, -0.25) is 4.72 Å². The molecule has 0 bridgehead atoms. The topological polar surface area (TPSA) is 72.0 Å². The Kier molecular flexibility index (Phi) is 4.29. The average molecular weight is 383 g/mol. The summed E-state index contributed by atoms with van der Waals surface area (Å²) in [6, 6.07) is 4.32. The summed E-state index contributed by atoms with van der Waals surface area (Å²) in [5.74, 6) is 0.139. The molecule has 1 N–H and O–H groups in total. The van der Waals surface area contributed by atoms with Crippen molar-refractivity contribution >= 4 is 55.0 Å². The summed E-state index contributed by atoms with van der Waals surface area (Å²) < 4.78 is 27.0. The largest absolute Gasteiger partial charge is 0.266 e. The van der Waals surface area contributed by atoms with Crippen LogP contribution in [-0.2, 0) is 10.0 Å². The maximum absolute atomic E-state index is 12.1. The summed E-state index contributed by atoms with van der Waals surface area (Å²) in [5.41, 5.74) is 0. The number of anilines is 1. The van der Waals surface area contributed by atoms with Gasteiger partial charge in [0, 0.05) is 16.9 Å². The molecule has 0 atom stereocenters. The number of pyridine rings is 2. The molecule has 2 aromatic heterocycles. The fourth-order valence-electron chi connectivity index (χ4n) is 1.22. The second kappa shape index (κ2) is 5.62. The third-order valence-electron chi connectivity index (χ3n) is 2.03. The lowest BCUT2D eigenvalue weighted by Gasteiger charge is -2.08. The number of hydrogen-bond donors (Lipinski definition) is 1. The molecular formula is C10H6BrCl2N3O2S. The number of halogens is 3. The quantitative estimate of drug-likeness (QED) is 0.826. The lowest BCUT2D eigenvalue weighted by atomic mass is 10.5. The van der Waals surface area contributed by atoms with E-state index in [1.807, 2.05) is 0 Å². The number of nitrogens with one attached hydrogen (secondary N) is 1. The van der Waals surface area contributed by atoms with Crippen LogP contribution < -0.4 is 4.72 Å². The van der Waals surface area contributed by atoms with Crippen molar-refractivity contribution in [2.75, 3.05) is 4.72 Å². The van der Waals surface area contributed by atoms with Gasteiger partial charge in [0.1, 0.15) is 15.9 Å². The molecule has 0 saturated carbocycles. The smallest absolute Gasteiger partial charge is 0.263 e. The van der Waals surface area contributed by atoms with Gasteiger partial charge >= 0.3 is 0 Å². The molecule has 0 radical (unpaired) electrons. The molecule has 9 heteroatoms. The second-order valence-electron chi connectivity index (χ2n) is 3.41. The van der Waals surface area contributed by atoms with Crippen LogP contribution in [0.5, 0.6) is 0 Å². The van der Waals surface area contributed by atoms with Gasteiger partial charge in [-0.1, -0.05) is 23.2 Å². The number of aromatic nitrogens is 2.